The fraction of sp³-hybridized carbons (Fsp3) is 0.714. The van der Waals surface area contributed by atoms with Crippen molar-refractivity contribution < 1.29 is 0 Å². The summed E-state index contributed by atoms with van der Waals surface area (Å²) in [5.41, 5.74) is 1.47. The Morgan fingerprint density at radius 2 is 1.71 bits per heavy atom. The van der Waals surface area contributed by atoms with Gasteiger partial charge in [-0.05, 0) is 76.2 Å². The van der Waals surface area contributed by atoms with Crippen LogP contribution in [0.25, 0.3) is 0 Å². The van der Waals surface area contributed by atoms with E-state index in [0.717, 1.165) is 18.0 Å². The molecular weight excluding hydrogens is 294 g/mol. The Labute approximate surface area is 147 Å². The molecule has 1 aromatic rings. The van der Waals surface area contributed by atoms with Crippen LogP contribution in [0.4, 0.5) is 0 Å². The van der Waals surface area contributed by atoms with Gasteiger partial charge in [0.2, 0.25) is 0 Å². The molecule has 1 saturated carbocycles. The van der Waals surface area contributed by atoms with Gasteiger partial charge in [0.05, 0.1) is 0 Å². The normalized spacial score (nSPS) is 26.9. The third-order valence-corrected chi connectivity index (χ3v) is 6.22. The second-order valence-electron chi connectivity index (χ2n) is 8.14. The molecule has 2 saturated heterocycles. The number of hydrogen-bond donors (Lipinski definition) is 1. The molecule has 0 bridgehead atoms. The van der Waals surface area contributed by atoms with E-state index in [4.69, 9.17) is 0 Å². The fourth-order valence-electron chi connectivity index (χ4n) is 4.43. The third-order valence-electron chi connectivity index (χ3n) is 6.22. The second-order valence-corrected chi connectivity index (χ2v) is 8.14. The van der Waals surface area contributed by atoms with E-state index in [-0.39, 0.29) is 0 Å². The van der Waals surface area contributed by atoms with E-state index in [1.165, 1.54) is 83.4 Å². The topological polar surface area (TPSA) is 18.5 Å². The number of piperidine rings is 1. The lowest BCUT2D eigenvalue weighted by Gasteiger charge is -2.33. The van der Waals surface area contributed by atoms with Crippen molar-refractivity contribution in [1.29, 1.82) is 0 Å². The SMILES string of the molecule is c1ccc(CCN2CCC(NCC3CCN(C4CC4)C3)CC2)cc1. The van der Waals surface area contributed by atoms with E-state index in [1.807, 2.05) is 0 Å². The Hall–Kier alpha value is -0.900. The molecule has 3 aliphatic rings. The number of nitrogens with zero attached hydrogens (tertiary/aromatic N) is 2. The van der Waals surface area contributed by atoms with E-state index in [1.54, 1.807) is 0 Å². The molecule has 3 fully saturated rings. The fourth-order valence-corrected chi connectivity index (χ4v) is 4.43. The van der Waals surface area contributed by atoms with Crippen molar-refractivity contribution in [2.75, 3.05) is 39.3 Å². The average molecular weight is 328 g/mol. The van der Waals surface area contributed by atoms with Crippen molar-refractivity contribution in [3.05, 3.63) is 35.9 Å². The first-order valence-electron chi connectivity index (χ1n) is 10.1. The van der Waals surface area contributed by atoms with Crippen LogP contribution in [-0.2, 0) is 6.42 Å². The van der Waals surface area contributed by atoms with Crippen LogP contribution >= 0.6 is 0 Å². The maximum atomic E-state index is 3.88. The number of benzene rings is 1. The highest BCUT2D eigenvalue weighted by Crippen LogP contribution is 2.31. The Morgan fingerprint density at radius 1 is 0.917 bits per heavy atom. The lowest BCUT2D eigenvalue weighted by atomic mass is 10.0. The quantitative estimate of drug-likeness (QED) is 0.831. The Morgan fingerprint density at radius 3 is 2.46 bits per heavy atom. The molecule has 3 nitrogen and oxygen atoms in total. The van der Waals surface area contributed by atoms with Crippen LogP contribution in [0.15, 0.2) is 30.3 Å². The van der Waals surface area contributed by atoms with Gasteiger partial charge in [-0.3, -0.25) is 0 Å². The lowest BCUT2D eigenvalue weighted by Crippen LogP contribution is -2.44. The van der Waals surface area contributed by atoms with Gasteiger partial charge < -0.3 is 15.1 Å². The van der Waals surface area contributed by atoms with Crippen molar-refractivity contribution >= 4 is 0 Å². The van der Waals surface area contributed by atoms with E-state index < -0.39 is 0 Å². The van der Waals surface area contributed by atoms with Crippen molar-refractivity contribution in [1.82, 2.24) is 15.1 Å². The standard InChI is InChI=1S/C21H33N3/c1-2-4-18(5-3-1)8-12-23-13-10-20(11-14-23)22-16-19-9-15-24(17-19)21-6-7-21/h1-5,19-22H,6-17H2. The van der Waals surface area contributed by atoms with Crippen LogP contribution < -0.4 is 5.32 Å². The van der Waals surface area contributed by atoms with Crippen molar-refractivity contribution in [2.24, 2.45) is 5.92 Å². The van der Waals surface area contributed by atoms with E-state index >= 15 is 0 Å². The average Bonchev–Trinajstić information content (AvgIpc) is 3.38. The summed E-state index contributed by atoms with van der Waals surface area (Å²) in [4.78, 5) is 5.38. The van der Waals surface area contributed by atoms with Gasteiger partial charge in [-0.25, -0.2) is 0 Å². The predicted octanol–water partition coefficient (Wildman–Crippen LogP) is 2.77. The molecule has 0 amide bonds. The zero-order chi connectivity index (χ0) is 16.2. The molecule has 1 aliphatic carbocycles. The smallest absolute Gasteiger partial charge is 0.00965 e. The molecule has 0 radical (unpaired) electrons. The second kappa shape index (κ2) is 7.99. The maximum Gasteiger partial charge on any atom is 0.00965 e. The number of nitrogens with one attached hydrogen (secondary N) is 1. The predicted molar refractivity (Wildman–Crippen MR) is 100 cm³/mol. The lowest BCUT2D eigenvalue weighted by molar-refractivity contribution is 0.196. The molecular formula is C21H33N3. The molecule has 0 spiro atoms. The molecule has 4 rings (SSSR count). The largest absolute Gasteiger partial charge is 0.314 e. The Bertz CT molecular complexity index is 491. The summed E-state index contributed by atoms with van der Waals surface area (Å²) in [7, 11) is 0. The maximum absolute atomic E-state index is 3.88. The summed E-state index contributed by atoms with van der Waals surface area (Å²) in [5, 5.41) is 3.88. The monoisotopic (exact) mass is 327 g/mol. The molecule has 2 aliphatic heterocycles. The van der Waals surface area contributed by atoms with Crippen LogP contribution in [0.1, 0.15) is 37.7 Å². The number of rotatable bonds is 7. The molecule has 132 valence electrons. The zero-order valence-corrected chi connectivity index (χ0v) is 15.0. The first kappa shape index (κ1) is 16.6. The van der Waals surface area contributed by atoms with Crippen molar-refractivity contribution in [2.45, 2.75) is 50.6 Å². The van der Waals surface area contributed by atoms with Gasteiger partial charge in [-0.1, -0.05) is 30.3 Å². The molecule has 24 heavy (non-hydrogen) atoms. The van der Waals surface area contributed by atoms with Gasteiger partial charge in [-0.2, -0.15) is 0 Å². The molecule has 1 N–H and O–H groups in total. The van der Waals surface area contributed by atoms with Gasteiger partial charge in [-0.15, -0.1) is 0 Å². The molecule has 1 atom stereocenters. The van der Waals surface area contributed by atoms with Gasteiger partial charge >= 0.3 is 0 Å². The summed E-state index contributed by atoms with van der Waals surface area (Å²) >= 11 is 0. The zero-order valence-electron chi connectivity index (χ0n) is 15.0. The molecule has 3 heteroatoms. The molecule has 1 aromatic carbocycles. The van der Waals surface area contributed by atoms with Gasteiger partial charge in [0.1, 0.15) is 0 Å². The number of likely N-dealkylation sites (tertiary alicyclic amines) is 2. The minimum Gasteiger partial charge on any atom is -0.314 e. The van der Waals surface area contributed by atoms with Crippen molar-refractivity contribution in [3.8, 4) is 0 Å². The molecule has 0 aromatic heterocycles. The summed E-state index contributed by atoms with van der Waals surface area (Å²) in [6.45, 7) is 7.71. The van der Waals surface area contributed by atoms with E-state index in [2.05, 4.69) is 45.4 Å². The highest BCUT2D eigenvalue weighted by atomic mass is 15.2. The Kier molecular flexibility index (Phi) is 5.51. The van der Waals surface area contributed by atoms with Crippen LogP contribution in [-0.4, -0.2) is 61.2 Å². The summed E-state index contributed by atoms with van der Waals surface area (Å²) in [6, 6.07) is 12.6. The van der Waals surface area contributed by atoms with Crippen molar-refractivity contribution in [3.63, 3.8) is 0 Å². The number of hydrogen-bond acceptors (Lipinski definition) is 3. The van der Waals surface area contributed by atoms with Crippen LogP contribution in [0.5, 0.6) is 0 Å². The van der Waals surface area contributed by atoms with Gasteiger partial charge in [0.25, 0.3) is 0 Å². The van der Waals surface area contributed by atoms with E-state index in [0.29, 0.717) is 0 Å². The van der Waals surface area contributed by atoms with Gasteiger partial charge in [0, 0.05) is 25.2 Å². The van der Waals surface area contributed by atoms with Crippen LogP contribution in [0.2, 0.25) is 0 Å². The minimum absolute atomic E-state index is 0.757. The summed E-state index contributed by atoms with van der Waals surface area (Å²) in [6.07, 6.45) is 8.18. The van der Waals surface area contributed by atoms with Crippen LogP contribution in [0.3, 0.4) is 0 Å². The highest BCUT2D eigenvalue weighted by Gasteiger charge is 2.34. The first-order valence-corrected chi connectivity index (χ1v) is 10.1. The Balaban J connectivity index is 1.11. The minimum atomic E-state index is 0.757. The molecule has 2 heterocycles. The first-order chi connectivity index (χ1) is 11.9. The molecule has 1 unspecified atom stereocenters. The highest BCUT2D eigenvalue weighted by molar-refractivity contribution is 5.14. The third kappa shape index (κ3) is 4.59. The summed E-state index contributed by atoms with van der Waals surface area (Å²) in [5.74, 6) is 0.904. The van der Waals surface area contributed by atoms with E-state index in [9.17, 15) is 0 Å². The van der Waals surface area contributed by atoms with Gasteiger partial charge in [0.15, 0.2) is 0 Å². The summed E-state index contributed by atoms with van der Waals surface area (Å²) < 4.78 is 0. The van der Waals surface area contributed by atoms with Crippen LogP contribution in [0, 0.1) is 5.92 Å².